The Balaban J connectivity index is 1.78. The van der Waals surface area contributed by atoms with Gasteiger partial charge in [0.1, 0.15) is 11.0 Å². The van der Waals surface area contributed by atoms with E-state index < -0.39 is 0 Å². The van der Waals surface area contributed by atoms with Crippen LogP contribution in [0.15, 0.2) is 29.9 Å². The standard InChI is InChI=1S/C12H11ClN4S/c1-17-11(13)5-15-12(17)6-14-8-2-3-9-10(4-8)18-7-16-9/h2-5,7,14H,6H2,1H3. The molecule has 0 unspecified atom stereocenters. The lowest BCUT2D eigenvalue weighted by atomic mass is 10.3. The molecule has 3 rings (SSSR count). The Morgan fingerprint density at radius 2 is 2.28 bits per heavy atom. The van der Waals surface area contributed by atoms with Crippen molar-refractivity contribution in [3.05, 3.63) is 40.9 Å². The van der Waals surface area contributed by atoms with Crippen molar-refractivity contribution in [1.82, 2.24) is 14.5 Å². The number of anilines is 1. The summed E-state index contributed by atoms with van der Waals surface area (Å²) < 4.78 is 3.04. The highest BCUT2D eigenvalue weighted by Gasteiger charge is 2.04. The van der Waals surface area contributed by atoms with Crippen LogP contribution in [0, 0.1) is 0 Å². The lowest BCUT2D eigenvalue weighted by Crippen LogP contribution is -2.05. The van der Waals surface area contributed by atoms with Crippen LogP contribution < -0.4 is 5.32 Å². The molecule has 0 saturated carbocycles. The van der Waals surface area contributed by atoms with Gasteiger partial charge in [-0.05, 0) is 18.2 Å². The number of hydrogen-bond acceptors (Lipinski definition) is 4. The van der Waals surface area contributed by atoms with E-state index in [0.29, 0.717) is 11.7 Å². The van der Waals surface area contributed by atoms with Crippen LogP contribution in [0.25, 0.3) is 10.2 Å². The summed E-state index contributed by atoms with van der Waals surface area (Å²) in [5.74, 6) is 0.907. The van der Waals surface area contributed by atoms with Crippen molar-refractivity contribution < 1.29 is 0 Å². The summed E-state index contributed by atoms with van der Waals surface area (Å²) in [6.45, 7) is 0.646. The molecule has 92 valence electrons. The number of nitrogens with one attached hydrogen (secondary N) is 1. The summed E-state index contributed by atoms with van der Waals surface area (Å²) in [7, 11) is 1.90. The van der Waals surface area contributed by atoms with E-state index in [1.807, 2.05) is 29.3 Å². The van der Waals surface area contributed by atoms with E-state index in [-0.39, 0.29) is 0 Å². The van der Waals surface area contributed by atoms with Gasteiger partial charge in [-0.3, -0.25) is 0 Å². The smallest absolute Gasteiger partial charge is 0.128 e. The number of imidazole rings is 1. The van der Waals surface area contributed by atoms with E-state index in [9.17, 15) is 0 Å². The van der Waals surface area contributed by atoms with E-state index in [2.05, 4.69) is 21.4 Å². The number of fused-ring (bicyclic) bond motifs is 1. The van der Waals surface area contributed by atoms with Crippen molar-refractivity contribution >= 4 is 38.8 Å². The van der Waals surface area contributed by atoms with Gasteiger partial charge < -0.3 is 9.88 Å². The van der Waals surface area contributed by atoms with E-state index in [1.165, 1.54) is 4.70 Å². The molecule has 0 bridgehead atoms. The summed E-state index contributed by atoms with van der Waals surface area (Å²) >= 11 is 7.58. The minimum absolute atomic E-state index is 0.643. The van der Waals surface area contributed by atoms with Gasteiger partial charge in [0.25, 0.3) is 0 Å². The van der Waals surface area contributed by atoms with Crippen molar-refractivity contribution in [2.24, 2.45) is 7.05 Å². The van der Waals surface area contributed by atoms with Crippen LogP contribution in [0.5, 0.6) is 0 Å². The van der Waals surface area contributed by atoms with Gasteiger partial charge >= 0.3 is 0 Å². The Kier molecular flexibility index (Phi) is 2.93. The van der Waals surface area contributed by atoms with Crippen molar-refractivity contribution in [2.75, 3.05) is 5.32 Å². The Labute approximate surface area is 113 Å². The third-order valence-corrected chi connectivity index (χ3v) is 3.95. The van der Waals surface area contributed by atoms with Crippen LogP contribution in [-0.2, 0) is 13.6 Å². The molecular formula is C12H11ClN4S. The molecule has 2 heterocycles. The average Bonchev–Trinajstić information content (AvgIpc) is 2.96. The lowest BCUT2D eigenvalue weighted by Gasteiger charge is -2.06. The molecule has 0 atom stereocenters. The summed E-state index contributed by atoms with van der Waals surface area (Å²) in [4.78, 5) is 8.49. The van der Waals surface area contributed by atoms with Crippen molar-refractivity contribution in [3.8, 4) is 0 Å². The highest BCUT2D eigenvalue weighted by molar-refractivity contribution is 7.16. The molecule has 0 aliphatic rings. The quantitative estimate of drug-likeness (QED) is 0.799. The van der Waals surface area contributed by atoms with Gasteiger partial charge in [0.05, 0.1) is 28.5 Å². The monoisotopic (exact) mass is 278 g/mol. The number of aromatic nitrogens is 3. The number of nitrogens with zero attached hydrogens (tertiary/aromatic N) is 3. The highest BCUT2D eigenvalue weighted by Crippen LogP contribution is 2.22. The molecule has 0 aliphatic heterocycles. The maximum Gasteiger partial charge on any atom is 0.128 e. The Morgan fingerprint density at radius 3 is 3.06 bits per heavy atom. The Morgan fingerprint density at radius 1 is 1.39 bits per heavy atom. The number of benzene rings is 1. The van der Waals surface area contributed by atoms with E-state index in [0.717, 1.165) is 17.0 Å². The number of rotatable bonds is 3. The van der Waals surface area contributed by atoms with Crippen LogP contribution in [0.2, 0.25) is 5.15 Å². The largest absolute Gasteiger partial charge is 0.378 e. The zero-order valence-electron chi connectivity index (χ0n) is 9.72. The topological polar surface area (TPSA) is 42.7 Å². The fraction of sp³-hybridized carbons (Fsp3) is 0.167. The van der Waals surface area contributed by atoms with Crippen molar-refractivity contribution in [3.63, 3.8) is 0 Å². The summed E-state index contributed by atoms with van der Waals surface area (Å²) in [6, 6.07) is 6.13. The second-order valence-electron chi connectivity index (χ2n) is 3.94. The molecule has 3 aromatic rings. The first-order chi connectivity index (χ1) is 8.74. The van der Waals surface area contributed by atoms with Crippen LogP contribution in [0.4, 0.5) is 5.69 Å². The van der Waals surface area contributed by atoms with Gasteiger partial charge in [0.15, 0.2) is 0 Å². The van der Waals surface area contributed by atoms with Gasteiger partial charge in [0, 0.05) is 12.7 Å². The second kappa shape index (κ2) is 4.59. The maximum atomic E-state index is 5.94. The zero-order chi connectivity index (χ0) is 12.5. The number of thiazole rings is 1. The third-order valence-electron chi connectivity index (χ3n) is 2.81. The van der Waals surface area contributed by atoms with E-state index in [1.54, 1.807) is 17.5 Å². The van der Waals surface area contributed by atoms with Gasteiger partial charge in [-0.2, -0.15) is 0 Å². The molecule has 0 radical (unpaired) electrons. The molecule has 0 amide bonds. The predicted molar refractivity (Wildman–Crippen MR) is 75.2 cm³/mol. The summed E-state index contributed by atoms with van der Waals surface area (Å²) in [5, 5.41) is 3.98. The molecular weight excluding hydrogens is 268 g/mol. The molecule has 1 N–H and O–H groups in total. The summed E-state index contributed by atoms with van der Waals surface area (Å²) in [5.41, 5.74) is 3.95. The molecule has 0 saturated heterocycles. The van der Waals surface area contributed by atoms with Crippen LogP contribution in [0.1, 0.15) is 5.82 Å². The fourth-order valence-electron chi connectivity index (χ4n) is 1.73. The van der Waals surface area contributed by atoms with Crippen LogP contribution >= 0.6 is 22.9 Å². The zero-order valence-corrected chi connectivity index (χ0v) is 11.3. The fourth-order valence-corrected chi connectivity index (χ4v) is 2.60. The molecule has 4 nitrogen and oxygen atoms in total. The first kappa shape index (κ1) is 11.5. The maximum absolute atomic E-state index is 5.94. The minimum atomic E-state index is 0.643. The lowest BCUT2D eigenvalue weighted by molar-refractivity contribution is 0.813. The number of hydrogen-bond donors (Lipinski definition) is 1. The van der Waals surface area contributed by atoms with E-state index in [4.69, 9.17) is 11.6 Å². The number of halogens is 1. The molecule has 2 aromatic heterocycles. The normalized spacial score (nSPS) is 11.0. The van der Waals surface area contributed by atoms with Gasteiger partial charge in [-0.25, -0.2) is 9.97 Å². The molecule has 0 spiro atoms. The molecule has 6 heteroatoms. The molecule has 0 fully saturated rings. The molecule has 18 heavy (non-hydrogen) atoms. The highest BCUT2D eigenvalue weighted by atomic mass is 35.5. The third kappa shape index (κ3) is 2.07. The predicted octanol–water partition coefficient (Wildman–Crippen LogP) is 3.30. The van der Waals surface area contributed by atoms with Crippen molar-refractivity contribution in [2.45, 2.75) is 6.54 Å². The Bertz CT molecular complexity index is 688. The van der Waals surface area contributed by atoms with Gasteiger partial charge in [-0.15, -0.1) is 11.3 Å². The van der Waals surface area contributed by atoms with Crippen molar-refractivity contribution in [1.29, 1.82) is 0 Å². The minimum Gasteiger partial charge on any atom is -0.378 e. The van der Waals surface area contributed by atoms with Gasteiger partial charge in [0.2, 0.25) is 0 Å². The second-order valence-corrected chi connectivity index (χ2v) is 5.22. The Hall–Kier alpha value is -1.59. The van der Waals surface area contributed by atoms with Gasteiger partial charge in [-0.1, -0.05) is 11.6 Å². The van der Waals surface area contributed by atoms with Crippen LogP contribution in [0.3, 0.4) is 0 Å². The SMILES string of the molecule is Cn1c(Cl)cnc1CNc1ccc2ncsc2c1. The first-order valence-electron chi connectivity index (χ1n) is 5.47. The first-order valence-corrected chi connectivity index (χ1v) is 6.73. The van der Waals surface area contributed by atoms with Crippen LogP contribution in [-0.4, -0.2) is 14.5 Å². The van der Waals surface area contributed by atoms with E-state index >= 15 is 0 Å². The summed E-state index contributed by atoms with van der Waals surface area (Å²) in [6.07, 6.45) is 1.66. The molecule has 1 aromatic carbocycles. The molecule has 0 aliphatic carbocycles. The average molecular weight is 279 g/mol.